The summed E-state index contributed by atoms with van der Waals surface area (Å²) in [7, 11) is 0. The Morgan fingerprint density at radius 1 is 0.917 bits per heavy atom. The fourth-order valence-electron chi connectivity index (χ4n) is 2.78. The van der Waals surface area contributed by atoms with E-state index in [9.17, 15) is 14.4 Å². The number of aromatic nitrogens is 2. The van der Waals surface area contributed by atoms with Gasteiger partial charge in [0.1, 0.15) is 6.54 Å². The van der Waals surface area contributed by atoms with Gasteiger partial charge in [0.15, 0.2) is 0 Å². The topological polar surface area (TPSA) is 81.3 Å². The van der Waals surface area contributed by atoms with Crippen LogP contribution < -0.4 is 11.1 Å². The number of hydrogen-bond acceptors (Lipinski definition) is 3. The van der Waals surface area contributed by atoms with Crippen LogP contribution in [0.15, 0.2) is 58.1 Å². The molecule has 6 heteroatoms. The number of nitrogens with zero attached hydrogens (tertiary/aromatic N) is 2. The van der Waals surface area contributed by atoms with Gasteiger partial charge in [-0.2, -0.15) is 0 Å². The number of carboxylic acids is 1. The lowest BCUT2D eigenvalue weighted by Crippen LogP contribution is -2.42. The molecule has 2 aromatic carbocycles. The van der Waals surface area contributed by atoms with Crippen molar-refractivity contribution in [2.75, 3.05) is 0 Å². The number of aliphatic carboxylic acids is 1. The molecule has 0 aliphatic rings. The van der Waals surface area contributed by atoms with Gasteiger partial charge in [-0.05, 0) is 30.2 Å². The number of aryl methyl sites for hydroxylation is 1. The van der Waals surface area contributed by atoms with Crippen molar-refractivity contribution in [3.8, 4) is 0 Å². The number of rotatable bonds is 4. The Bertz CT molecular complexity index is 1050. The third kappa shape index (κ3) is 2.74. The third-order valence-electron chi connectivity index (χ3n) is 4.02. The second kappa shape index (κ2) is 6.16. The lowest BCUT2D eigenvalue weighted by atomic mass is 10.1. The fourth-order valence-corrected chi connectivity index (χ4v) is 2.78. The molecule has 3 rings (SSSR count). The Balaban J connectivity index is 2.28. The van der Waals surface area contributed by atoms with Crippen LogP contribution in [-0.4, -0.2) is 20.2 Å². The van der Waals surface area contributed by atoms with E-state index in [1.54, 1.807) is 24.3 Å². The largest absolute Gasteiger partial charge is 0.480 e. The molecule has 0 saturated heterocycles. The van der Waals surface area contributed by atoms with Gasteiger partial charge in [-0.25, -0.2) is 0 Å². The molecule has 1 aromatic heterocycles. The first-order chi connectivity index (χ1) is 11.5. The molecule has 24 heavy (non-hydrogen) atoms. The molecule has 0 bridgehead atoms. The van der Waals surface area contributed by atoms with Crippen molar-refractivity contribution < 1.29 is 9.90 Å². The minimum atomic E-state index is -1.17. The summed E-state index contributed by atoms with van der Waals surface area (Å²) in [6, 6.07) is 14.5. The molecule has 0 radical (unpaired) electrons. The molecule has 1 N–H and O–H groups in total. The van der Waals surface area contributed by atoms with Gasteiger partial charge in [0.05, 0.1) is 17.6 Å². The van der Waals surface area contributed by atoms with Gasteiger partial charge in [-0.3, -0.25) is 23.5 Å². The zero-order valence-electron chi connectivity index (χ0n) is 13.1. The molecule has 6 nitrogen and oxygen atoms in total. The highest BCUT2D eigenvalue weighted by Crippen LogP contribution is 2.14. The minimum Gasteiger partial charge on any atom is -0.480 e. The van der Waals surface area contributed by atoms with Crippen LogP contribution in [0.2, 0.25) is 0 Å². The van der Waals surface area contributed by atoms with Crippen molar-refractivity contribution in [3.63, 3.8) is 0 Å². The van der Waals surface area contributed by atoms with Crippen LogP contribution in [0.4, 0.5) is 0 Å². The summed E-state index contributed by atoms with van der Waals surface area (Å²) in [4.78, 5) is 35.9. The Labute approximate surface area is 137 Å². The van der Waals surface area contributed by atoms with Crippen LogP contribution >= 0.6 is 0 Å². The smallest absolute Gasteiger partial charge is 0.323 e. The first-order valence-corrected chi connectivity index (χ1v) is 7.47. The SMILES string of the molecule is Cc1ccccc1Cn1c(=O)c(=O)n(CC(=O)O)c2ccccc21. The van der Waals surface area contributed by atoms with Crippen LogP contribution in [0.1, 0.15) is 11.1 Å². The highest BCUT2D eigenvalue weighted by atomic mass is 16.4. The van der Waals surface area contributed by atoms with E-state index in [0.29, 0.717) is 11.0 Å². The maximum Gasteiger partial charge on any atom is 0.323 e. The van der Waals surface area contributed by atoms with Crippen molar-refractivity contribution in [2.24, 2.45) is 0 Å². The molecule has 0 atom stereocenters. The first-order valence-electron chi connectivity index (χ1n) is 7.47. The summed E-state index contributed by atoms with van der Waals surface area (Å²) < 4.78 is 2.41. The maximum atomic E-state index is 12.5. The average molecular weight is 324 g/mol. The number of para-hydroxylation sites is 2. The van der Waals surface area contributed by atoms with E-state index in [1.165, 1.54) is 4.57 Å². The molecule has 0 aliphatic carbocycles. The Hall–Kier alpha value is -3.15. The van der Waals surface area contributed by atoms with Crippen LogP contribution in [0.3, 0.4) is 0 Å². The zero-order chi connectivity index (χ0) is 17.3. The van der Waals surface area contributed by atoms with E-state index in [1.807, 2.05) is 31.2 Å². The molecular formula is C18H16N2O4. The average Bonchev–Trinajstić information content (AvgIpc) is 2.57. The number of hydrogen-bond donors (Lipinski definition) is 1. The minimum absolute atomic E-state index is 0.259. The molecule has 122 valence electrons. The van der Waals surface area contributed by atoms with E-state index in [4.69, 9.17) is 5.11 Å². The van der Waals surface area contributed by atoms with E-state index < -0.39 is 23.6 Å². The summed E-state index contributed by atoms with van der Waals surface area (Å²) >= 11 is 0. The van der Waals surface area contributed by atoms with Crippen LogP contribution in [0, 0.1) is 6.92 Å². The van der Waals surface area contributed by atoms with Gasteiger partial charge < -0.3 is 5.11 Å². The lowest BCUT2D eigenvalue weighted by Gasteiger charge is -2.15. The normalized spacial score (nSPS) is 10.9. The molecule has 0 fully saturated rings. The number of carboxylic acid groups (broad SMARTS) is 1. The summed E-state index contributed by atoms with van der Waals surface area (Å²) in [5.74, 6) is -1.17. The Morgan fingerprint density at radius 3 is 2.08 bits per heavy atom. The molecule has 1 heterocycles. The number of benzene rings is 2. The van der Waals surface area contributed by atoms with Gasteiger partial charge in [-0.15, -0.1) is 0 Å². The van der Waals surface area contributed by atoms with Gasteiger partial charge in [0, 0.05) is 0 Å². The van der Waals surface area contributed by atoms with E-state index in [2.05, 4.69) is 0 Å². The van der Waals surface area contributed by atoms with E-state index in [-0.39, 0.29) is 6.54 Å². The Morgan fingerprint density at radius 2 is 1.46 bits per heavy atom. The van der Waals surface area contributed by atoms with Crippen molar-refractivity contribution in [1.82, 2.24) is 9.13 Å². The summed E-state index contributed by atoms with van der Waals surface area (Å²) in [5, 5.41) is 9.01. The molecule has 0 amide bonds. The summed E-state index contributed by atoms with van der Waals surface area (Å²) in [6.07, 6.45) is 0. The lowest BCUT2D eigenvalue weighted by molar-refractivity contribution is -0.137. The predicted molar refractivity (Wildman–Crippen MR) is 90.4 cm³/mol. The molecule has 3 aromatic rings. The zero-order valence-corrected chi connectivity index (χ0v) is 13.1. The predicted octanol–water partition coefficient (Wildman–Crippen LogP) is 1.60. The summed E-state index contributed by atoms with van der Waals surface area (Å²) in [6.45, 7) is 1.66. The van der Waals surface area contributed by atoms with Gasteiger partial charge in [0.2, 0.25) is 0 Å². The second-order valence-electron chi connectivity index (χ2n) is 5.59. The van der Waals surface area contributed by atoms with Crippen molar-refractivity contribution >= 4 is 17.0 Å². The van der Waals surface area contributed by atoms with Crippen LogP contribution in [-0.2, 0) is 17.9 Å². The Kier molecular flexibility index (Phi) is 4.04. The van der Waals surface area contributed by atoms with Crippen molar-refractivity contribution in [3.05, 3.63) is 80.4 Å². The van der Waals surface area contributed by atoms with Gasteiger partial charge in [-0.1, -0.05) is 36.4 Å². The van der Waals surface area contributed by atoms with Crippen molar-refractivity contribution in [1.29, 1.82) is 0 Å². The van der Waals surface area contributed by atoms with E-state index >= 15 is 0 Å². The number of carbonyl (C=O) groups is 1. The summed E-state index contributed by atoms with van der Waals surface area (Å²) in [5.41, 5.74) is 1.36. The standard InChI is InChI=1S/C18H16N2O4/c1-12-6-2-3-7-13(12)10-19-14-8-4-5-9-15(14)20(11-16(21)22)18(24)17(19)23/h2-9H,10-11H2,1H3,(H,21,22). The number of fused-ring (bicyclic) bond motifs is 1. The molecule has 0 saturated carbocycles. The highest BCUT2D eigenvalue weighted by Gasteiger charge is 2.15. The quantitative estimate of drug-likeness (QED) is 0.739. The molecular weight excluding hydrogens is 308 g/mol. The van der Waals surface area contributed by atoms with Crippen LogP contribution in [0.5, 0.6) is 0 Å². The highest BCUT2D eigenvalue weighted by molar-refractivity contribution is 5.77. The monoisotopic (exact) mass is 324 g/mol. The van der Waals surface area contributed by atoms with E-state index in [0.717, 1.165) is 15.7 Å². The molecule has 0 aliphatic heterocycles. The van der Waals surface area contributed by atoms with Gasteiger partial charge in [0.25, 0.3) is 0 Å². The maximum absolute atomic E-state index is 12.5. The molecule has 0 spiro atoms. The second-order valence-corrected chi connectivity index (χ2v) is 5.59. The van der Waals surface area contributed by atoms with Crippen molar-refractivity contribution in [2.45, 2.75) is 20.0 Å². The third-order valence-corrected chi connectivity index (χ3v) is 4.02. The fraction of sp³-hybridized carbons (Fsp3) is 0.167. The van der Waals surface area contributed by atoms with Crippen LogP contribution in [0.25, 0.3) is 11.0 Å². The molecule has 0 unspecified atom stereocenters. The first kappa shape index (κ1) is 15.7. The van der Waals surface area contributed by atoms with Gasteiger partial charge >= 0.3 is 17.1 Å².